The second-order valence-corrected chi connectivity index (χ2v) is 17.4. The Balaban J connectivity index is 1.13. The third kappa shape index (κ3) is 4.94. The summed E-state index contributed by atoms with van der Waals surface area (Å²) >= 11 is 0. The van der Waals surface area contributed by atoms with Crippen LogP contribution in [-0.4, -0.2) is 0 Å². The summed E-state index contributed by atoms with van der Waals surface area (Å²) in [5.74, 6) is 0. The molecule has 2 nitrogen and oxygen atoms in total. The Morgan fingerprint density at radius 2 is 1.03 bits per heavy atom. The van der Waals surface area contributed by atoms with Crippen LogP contribution in [0.3, 0.4) is 0 Å². The van der Waals surface area contributed by atoms with Crippen LogP contribution in [0.2, 0.25) is 0 Å². The van der Waals surface area contributed by atoms with Crippen molar-refractivity contribution in [3.8, 4) is 33.4 Å². The second kappa shape index (κ2) is 14.2. The topological polar surface area (TPSA) is 16.4 Å². The molecule has 0 amide bonds. The quantitative estimate of drug-likeness (QED) is 0.149. The molecule has 10 aromatic rings. The average Bonchev–Trinajstić information content (AvgIpc) is 4.07. The zero-order valence-electron chi connectivity index (χ0n) is 36.0. The molecule has 13 rings (SSSR count). The number of hydrogen-bond acceptors (Lipinski definition) is 2. The van der Waals surface area contributed by atoms with Crippen LogP contribution in [0.25, 0.3) is 55.3 Å². The lowest BCUT2D eigenvalue weighted by molar-refractivity contribution is 0.669. The van der Waals surface area contributed by atoms with E-state index < -0.39 is 10.8 Å². The molecule has 0 N–H and O–H groups in total. The SMILES string of the molecule is C=C/C(=C\C=C/C)C1(c2ccccc2)c2ccccc2-c2ccc(N(c3ccc4c(c3)oc3ccccc34)c3cccc4c3-c3ccccc3C43c4ccccc4-c4ccccc43)cc21. The van der Waals surface area contributed by atoms with Gasteiger partial charge >= 0.3 is 0 Å². The average molecular weight is 830 g/mol. The molecule has 65 heavy (non-hydrogen) atoms. The van der Waals surface area contributed by atoms with Gasteiger partial charge in [0.1, 0.15) is 11.2 Å². The number of benzene rings is 9. The number of anilines is 3. The zero-order chi connectivity index (χ0) is 43.3. The Kier molecular flexibility index (Phi) is 8.14. The molecular formula is C63H43NO. The Bertz CT molecular complexity index is 3610. The second-order valence-electron chi connectivity index (χ2n) is 17.4. The van der Waals surface area contributed by atoms with Crippen LogP contribution >= 0.6 is 0 Å². The van der Waals surface area contributed by atoms with E-state index >= 15 is 0 Å². The molecule has 1 spiro atoms. The van der Waals surface area contributed by atoms with Crippen molar-refractivity contribution in [2.24, 2.45) is 0 Å². The lowest BCUT2D eigenvalue weighted by Gasteiger charge is -2.36. The van der Waals surface area contributed by atoms with Gasteiger partial charge < -0.3 is 9.32 Å². The van der Waals surface area contributed by atoms with Gasteiger partial charge in [0, 0.05) is 33.8 Å². The van der Waals surface area contributed by atoms with Crippen molar-refractivity contribution in [1.29, 1.82) is 0 Å². The van der Waals surface area contributed by atoms with E-state index in [1.165, 1.54) is 72.3 Å². The van der Waals surface area contributed by atoms with Crippen molar-refractivity contribution >= 4 is 39.0 Å². The van der Waals surface area contributed by atoms with Gasteiger partial charge in [0.2, 0.25) is 0 Å². The number of para-hydroxylation sites is 1. The van der Waals surface area contributed by atoms with E-state index in [-0.39, 0.29) is 0 Å². The summed E-state index contributed by atoms with van der Waals surface area (Å²) in [7, 11) is 0. The summed E-state index contributed by atoms with van der Waals surface area (Å²) < 4.78 is 6.66. The van der Waals surface area contributed by atoms with Gasteiger partial charge in [-0.05, 0) is 116 Å². The van der Waals surface area contributed by atoms with E-state index in [1.54, 1.807) is 0 Å². The van der Waals surface area contributed by atoms with E-state index in [0.717, 1.165) is 44.6 Å². The molecule has 9 aromatic carbocycles. The third-order valence-electron chi connectivity index (χ3n) is 14.5. The van der Waals surface area contributed by atoms with Gasteiger partial charge in [0.05, 0.1) is 16.5 Å². The molecule has 0 radical (unpaired) electrons. The molecule has 0 aliphatic heterocycles. The standard InChI is InChI=1S/C63H43NO/c1-3-5-20-41(4-2)62(42-21-7-6-8-22-42)52-28-14-9-25-47(52)48-37-35-43(39-57(48)62)64(44-36-38-50-49-26-13-18-34-59(49)65-60(50)40-44)58-33-19-32-56-61(58)51-27-12-17-31-55(51)63(56)53-29-15-10-23-45(53)46-24-11-16-30-54(46)63/h3-40H,2H2,1H3/b5-3-,41-20+. The van der Waals surface area contributed by atoms with Crippen molar-refractivity contribution in [1.82, 2.24) is 0 Å². The number of nitrogens with zero attached hydrogens (tertiary/aromatic N) is 1. The largest absolute Gasteiger partial charge is 0.456 e. The minimum absolute atomic E-state index is 0.484. The summed E-state index contributed by atoms with van der Waals surface area (Å²) in [5, 5.41) is 2.21. The Labute approximate surface area is 379 Å². The first-order chi connectivity index (χ1) is 32.2. The maximum Gasteiger partial charge on any atom is 0.137 e. The molecule has 1 unspecified atom stereocenters. The van der Waals surface area contributed by atoms with Crippen molar-refractivity contribution in [3.05, 3.63) is 282 Å². The number of fused-ring (bicyclic) bond motifs is 16. The van der Waals surface area contributed by atoms with Gasteiger partial charge in [-0.15, -0.1) is 0 Å². The van der Waals surface area contributed by atoms with Crippen molar-refractivity contribution in [3.63, 3.8) is 0 Å². The van der Waals surface area contributed by atoms with Crippen LogP contribution in [-0.2, 0) is 10.8 Å². The highest BCUT2D eigenvalue weighted by atomic mass is 16.3. The maximum atomic E-state index is 6.66. The minimum Gasteiger partial charge on any atom is -0.456 e. The summed E-state index contributed by atoms with van der Waals surface area (Å²) in [6.07, 6.45) is 8.53. The van der Waals surface area contributed by atoms with Gasteiger partial charge in [0.25, 0.3) is 0 Å². The molecule has 0 saturated carbocycles. The number of rotatable bonds is 7. The highest BCUT2D eigenvalue weighted by molar-refractivity contribution is 6.07. The molecule has 1 heterocycles. The van der Waals surface area contributed by atoms with Gasteiger partial charge in [-0.1, -0.05) is 195 Å². The summed E-state index contributed by atoms with van der Waals surface area (Å²) in [6, 6.07) is 76.2. The fraction of sp³-hybridized carbons (Fsp3) is 0.0476. The smallest absolute Gasteiger partial charge is 0.137 e. The Morgan fingerprint density at radius 1 is 0.477 bits per heavy atom. The molecule has 0 bridgehead atoms. The predicted octanol–water partition coefficient (Wildman–Crippen LogP) is 16.4. The van der Waals surface area contributed by atoms with Crippen LogP contribution in [0.1, 0.15) is 45.9 Å². The summed E-state index contributed by atoms with van der Waals surface area (Å²) in [6.45, 7) is 6.55. The van der Waals surface area contributed by atoms with E-state index in [2.05, 4.69) is 243 Å². The Morgan fingerprint density at radius 3 is 1.75 bits per heavy atom. The van der Waals surface area contributed by atoms with E-state index in [4.69, 9.17) is 4.42 Å². The molecule has 306 valence electrons. The first-order valence-electron chi connectivity index (χ1n) is 22.6. The van der Waals surface area contributed by atoms with Crippen LogP contribution in [0.15, 0.2) is 247 Å². The molecule has 3 aliphatic rings. The first kappa shape index (κ1) is 37.4. The fourth-order valence-electron chi connectivity index (χ4n) is 12.0. The summed E-state index contributed by atoms with van der Waals surface area (Å²) in [4.78, 5) is 2.48. The van der Waals surface area contributed by atoms with Gasteiger partial charge in [-0.25, -0.2) is 0 Å². The molecule has 2 heteroatoms. The molecule has 0 saturated heterocycles. The minimum atomic E-state index is -0.634. The molecule has 0 fully saturated rings. The number of hydrogen-bond donors (Lipinski definition) is 0. The number of furan rings is 1. The van der Waals surface area contributed by atoms with Crippen LogP contribution in [0.5, 0.6) is 0 Å². The summed E-state index contributed by atoms with van der Waals surface area (Å²) in [5.41, 5.74) is 21.4. The van der Waals surface area contributed by atoms with Crippen LogP contribution in [0.4, 0.5) is 17.1 Å². The molecule has 1 atom stereocenters. The van der Waals surface area contributed by atoms with E-state index in [0.29, 0.717) is 0 Å². The van der Waals surface area contributed by atoms with E-state index in [1.807, 2.05) is 6.07 Å². The highest BCUT2D eigenvalue weighted by Crippen LogP contribution is 2.65. The van der Waals surface area contributed by atoms with E-state index in [9.17, 15) is 0 Å². The van der Waals surface area contributed by atoms with Crippen LogP contribution in [0, 0.1) is 0 Å². The molecule has 1 aromatic heterocycles. The third-order valence-corrected chi connectivity index (χ3v) is 14.5. The number of allylic oxidation sites excluding steroid dienone is 5. The van der Waals surface area contributed by atoms with Gasteiger partial charge in [-0.3, -0.25) is 0 Å². The normalized spacial score (nSPS) is 16.0. The Hall–Kier alpha value is -8.20. The molecular weight excluding hydrogens is 787 g/mol. The fourth-order valence-corrected chi connectivity index (χ4v) is 12.0. The highest BCUT2D eigenvalue weighted by Gasteiger charge is 2.53. The molecule has 3 aliphatic carbocycles. The lowest BCUT2D eigenvalue weighted by Crippen LogP contribution is -2.29. The first-order valence-corrected chi connectivity index (χ1v) is 22.6. The zero-order valence-corrected chi connectivity index (χ0v) is 36.0. The maximum absolute atomic E-state index is 6.66. The predicted molar refractivity (Wildman–Crippen MR) is 270 cm³/mol. The van der Waals surface area contributed by atoms with Gasteiger partial charge in [0.15, 0.2) is 0 Å². The van der Waals surface area contributed by atoms with Crippen LogP contribution < -0.4 is 4.90 Å². The lowest BCUT2D eigenvalue weighted by atomic mass is 9.67. The van der Waals surface area contributed by atoms with Crippen molar-refractivity contribution in [2.45, 2.75) is 17.8 Å². The van der Waals surface area contributed by atoms with Crippen molar-refractivity contribution in [2.75, 3.05) is 4.90 Å². The monoisotopic (exact) mass is 829 g/mol. The van der Waals surface area contributed by atoms with Crippen molar-refractivity contribution < 1.29 is 4.42 Å². The van der Waals surface area contributed by atoms with Gasteiger partial charge in [-0.2, -0.15) is 0 Å².